The standard InChI is InChI=1S/C12H15N5O/c1-17-10(4-5-14-17)9-6-12(18)16-11(15-9)7-13-8-2-3-8/h4-6,8,13H,2-3,7H2,1H3,(H,15,16,18). The molecular formula is C12H15N5O. The van der Waals surface area contributed by atoms with Crippen molar-refractivity contribution >= 4 is 0 Å². The normalized spacial score (nSPS) is 14.9. The Kier molecular flexibility index (Phi) is 2.71. The van der Waals surface area contributed by atoms with Crippen molar-refractivity contribution in [2.45, 2.75) is 25.4 Å². The Labute approximate surface area is 104 Å². The third-order valence-corrected chi connectivity index (χ3v) is 3.01. The quantitative estimate of drug-likeness (QED) is 0.818. The van der Waals surface area contributed by atoms with E-state index in [1.165, 1.54) is 18.9 Å². The number of hydrogen-bond donors (Lipinski definition) is 2. The van der Waals surface area contributed by atoms with Gasteiger partial charge in [-0.1, -0.05) is 0 Å². The lowest BCUT2D eigenvalue weighted by Crippen LogP contribution is -2.21. The molecule has 0 spiro atoms. The van der Waals surface area contributed by atoms with Gasteiger partial charge in [0.1, 0.15) is 5.82 Å². The van der Waals surface area contributed by atoms with E-state index in [0.717, 1.165) is 5.69 Å². The van der Waals surface area contributed by atoms with Crippen molar-refractivity contribution in [3.63, 3.8) is 0 Å². The smallest absolute Gasteiger partial charge is 0.251 e. The van der Waals surface area contributed by atoms with Gasteiger partial charge >= 0.3 is 0 Å². The molecule has 6 heteroatoms. The van der Waals surface area contributed by atoms with Gasteiger partial charge in [0.25, 0.3) is 5.56 Å². The second-order valence-corrected chi connectivity index (χ2v) is 4.57. The lowest BCUT2D eigenvalue weighted by molar-refractivity contribution is 0.655. The zero-order chi connectivity index (χ0) is 12.5. The molecule has 1 aliphatic rings. The summed E-state index contributed by atoms with van der Waals surface area (Å²) >= 11 is 0. The first-order valence-electron chi connectivity index (χ1n) is 6.04. The average molecular weight is 245 g/mol. The van der Waals surface area contributed by atoms with Crippen molar-refractivity contribution in [2.24, 2.45) is 7.05 Å². The van der Waals surface area contributed by atoms with E-state index in [1.54, 1.807) is 10.9 Å². The van der Waals surface area contributed by atoms with Crippen LogP contribution < -0.4 is 10.9 Å². The molecule has 18 heavy (non-hydrogen) atoms. The van der Waals surface area contributed by atoms with Gasteiger partial charge in [-0.05, 0) is 18.9 Å². The highest BCUT2D eigenvalue weighted by molar-refractivity contribution is 5.53. The molecule has 0 unspecified atom stereocenters. The zero-order valence-electron chi connectivity index (χ0n) is 10.2. The maximum absolute atomic E-state index is 11.6. The first-order chi connectivity index (χ1) is 8.72. The number of rotatable bonds is 4. The summed E-state index contributed by atoms with van der Waals surface area (Å²) in [5.41, 5.74) is 1.37. The topological polar surface area (TPSA) is 75.6 Å². The zero-order valence-corrected chi connectivity index (χ0v) is 10.2. The summed E-state index contributed by atoms with van der Waals surface area (Å²) < 4.78 is 1.71. The minimum absolute atomic E-state index is 0.131. The second kappa shape index (κ2) is 4.38. The largest absolute Gasteiger partial charge is 0.309 e. The van der Waals surface area contributed by atoms with Gasteiger partial charge in [0.2, 0.25) is 0 Å². The van der Waals surface area contributed by atoms with E-state index in [-0.39, 0.29) is 5.56 Å². The Morgan fingerprint density at radius 2 is 2.39 bits per heavy atom. The number of nitrogens with one attached hydrogen (secondary N) is 2. The molecule has 1 fully saturated rings. The predicted octanol–water partition coefficient (Wildman–Crippen LogP) is 0.422. The molecule has 3 rings (SSSR count). The van der Waals surface area contributed by atoms with Gasteiger partial charge in [-0.25, -0.2) is 4.98 Å². The van der Waals surface area contributed by atoms with Crippen molar-refractivity contribution < 1.29 is 0 Å². The minimum atomic E-state index is -0.131. The van der Waals surface area contributed by atoms with E-state index in [4.69, 9.17) is 0 Å². The van der Waals surface area contributed by atoms with Crippen LogP contribution in [-0.4, -0.2) is 25.8 Å². The highest BCUT2D eigenvalue weighted by Gasteiger charge is 2.20. The summed E-state index contributed by atoms with van der Waals surface area (Å²) in [6.45, 7) is 0.603. The molecule has 94 valence electrons. The molecule has 2 aromatic heterocycles. The predicted molar refractivity (Wildman–Crippen MR) is 66.9 cm³/mol. The van der Waals surface area contributed by atoms with Gasteiger partial charge in [0.05, 0.1) is 17.9 Å². The molecule has 2 N–H and O–H groups in total. The van der Waals surface area contributed by atoms with Crippen LogP contribution in [0, 0.1) is 0 Å². The third-order valence-electron chi connectivity index (χ3n) is 3.01. The van der Waals surface area contributed by atoms with Crippen LogP contribution in [-0.2, 0) is 13.6 Å². The van der Waals surface area contributed by atoms with E-state index >= 15 is 0 Å². The lowest BCUT2D eigenvalue weighted by atomic mass is 10.3. The summed E-state index contributed by atoms with van der Waals surface area (Å²) in [5.74, 6) is 0.672. The van der Waals surface area contributed by atoms with Crippen molar-refractivity contribution in [3.8, 4) is 11.4 Å². The van der Waals surface area contributed by atoms with Gasteiger partial charge < -0.3 is 10.3 Å². The number of aromatic nitrogens is 4. The van der Waals surface area contributed by atoms with Gasteiger partial charge in [-0.2, -0.15) is 5.10 Å². The Balaban J connectivity index is 1.89. The van der Waals surface area contributed by atoms with Crippen LogP contribution in [0.1, 0.15) is 18.7 Å². The van der Waals surface area contributed by atoms with Crippen LogP contribution in [0.5, 0.6) is 0 Å². The summed E-state index contributed by atoms with van der Waals surface area (Å²) in [7, 11) is 1.83. The SMILES string of the molecule is Cn1nccc1-c1cc(=O)[nH]c(CNC2CC2)n1. The summed E-state index contributed by atoms with van der Waals surface area (Å²) in [4.78, 5) is 18.8. The summed E-state index contributed by atoms with van der Waals surface area (Å²) in [6.07, 6.45) is 4.12. The van der Waals surface area contributed by atoms with Gasteiger partial charge in [0, 0.05) is 25.4 Å². The fourth-order valence-electron chi connectivity index (χ4n) is 1.88. The molecule has 0 saturated heterocycles. The van der Waals surface area contributed by atoms with Crippen molar-refractivity contribution in [3.05, 3.63) is 34.5 Å². The van der Waals surface area contributed by atoms with Crippen LogP contribution in [0.4, 0.5) is 0 Å². The van der Waals surface area contributed by atoms with Crippen molar-refractivity contribution in [1.82, 2.24) is 25.1 Å². The molecule has 6 nitrogen and oxygen atoms in total. The number of aryl methyl sites for hydroxylation is 1. The number of nitrogens with zero attached hydrogens (tertiary/aromatic N) is 3. The molecule has 0 atom stereocenters. The molecule has 0 amide bonds. The lowest BCUT2D eigenvalue weighted by Gasteiger charge is -2.05. The van der Waals surface area contributed by atoms with Crippen LogP contribution in [0.3, 0.4) is 0 Å². The van der Waals surface area contributed by atoms with E-state index < -0.39 is 0 Å². The number of hydrogen-bond acceptors (Lipinski definition) is 4. The molecule has 1 aliphatic carbocycles. The Morgan fingerprint density at radius 3 is 3.06 bits per heavy atom. The fraction of sp³-hybridized carbons (Fsp3) is 0.417. The maximum atomic E-state index is 11.6. The first-order valence-corrected chi connectivity index (χ1v) is 6.04. The van der Waals surface area contributed by atoms with Crippen molar-refractivity contribution in [1.29, 1.82) is 0 Å². The summed E-state index contributed by atoms with van der Waals surface area (Å²) in [6, 6.07) is 3.94. The van der Waals surface area contributed by atoms with E-state index in [9.17, 15) is 4.79 Å². The van der Waals surface area contributed by atoms with Crippen LogP contribution in [0.15, 0.2) is 23.1 Å². The first kappa shape index (κ1) is 11.2. The van der Waals surface area contributed by atoms with E-state index in [0.29, 0.717) is 24.1 Å². The molecule has 0 bridgehead atoms. The monoisotopic (exact) mass is 245 g/mol. The van der Waals surface area contributed by atoms with E-state index in [2.05, 4.69) is 20.4 Å². The Hall–Kier alpha value is -1.95. The Morgan fingerprint density at radius 1 is 1.56 bits per heavy atom. The molecule has 1 saturated carbocycles. The molecular weight excluding hydrogens is 230 g/mol. The fourth-order valence-corrected chi connectivity index (χ4v) is 1.88. The highest BCUT2D eigenvalue weighted by Crippen LogP contribution is 2.19. The number of H-pyrrole nitrogens is 1. The molecule has 0 radical (unpaired) electrons. The average Bonchev–Trinajstić information content (AvgIpc) is 3.07. The van der Waals surface area contributed by atoms with Gasteiger partial charge in [-0.3, -0.25) is 9.48 Å². The summed E-state index contributed by atoms with van der Waals surface area (Å²) in [5, 5.41) is 7.42. The molecule has 2 aromatic rings. The van der Waals surface area contributed by atoms with Crippen LogP contribution in [0.25, 0.3) is 11.4 Å². The van der Waals surface area contributed by atoms with Gasteiger partial charge in [-0.15, -0.1) is 0 Å². The van der Waals surface area contributed by atoms with Crippen LogP contribution >= 0.6 is 0 Å². The molecule has 0 aliphatic heterocycles. The maximum Gasteiger partial charge on any atom is 0.251 e. The van der Waals surface area contributed by atoms with Gasteiger partial charge in [0.15, 0.2) is 0 Å². The highest BCUT2D eigenvalue weighted by atomic mass is 16.1. The van der Waals surface area contributed by atoms with Crippen LogP contribution in [0.2, 0.25) is 0 Å². The second-order valence-electron chi connectivity index (χ2n) is 4.57. The third kappa shape index (κ3) is 2.33. The number of aromatic amines is 1. The van der Waals surface area contributed by atoms with E-state index in [1.807, 2.05) is 13.1 Å². The van der Waals surface area contributed by atoms with Crippen molar-refractivity contribution in [2.75, 3.05) is 0 Å². The molecule has 0 aromatic carbocycles. The minimum Gasteiger partial charge on any atom is -0.309 e. The molecule has 2 heterocycles. The Bertz CT molecular complexity index is 611.